The molecule has 0 amide bonds. The van der Waals surface area contributed by atoms with Crippen LogP contribution in [0.3, 0.4) is 0 Å². The van der Waals surface area contributed by atoms with Gasteiger partial charge in [0, 0.05) is 86.8 Å². The molecule has 64 heavy (non-hydrogen) atoms. The van der Waals surface area contributed by atoms with E-state index >= 15 is 0 Å². The van der Waals surface area contributed by atoms with Gasteiger partial charge in [0.1, 0.15) is 0 Å². The molecule has 4 nitrogen and oxygen atoms in total. The van der Waals surface area contributed by atoms with E-state index in [0.717, 1.165) is 34.1 Å². The molecule has 0 saturated heterocycles. The zero-order valence-electron chi connectivity index (χ0n) is 35.7. The molecule has 2 heterocycles. The van der Waals surface area contributed by atoms with E-state index in [1.807, 2.05) is 0 Å². The van der Waals surface area contributed by atoms with Gasteiger partial charge in [0.15, 0.2) is 0 Å². The maximum atomic E-state index is 2.43. The maximum absolute atomic E-state index is 2.43. The van der Waals surface area contributed by atoms with Gasteiger partial charge in [-0.25, -0.2) is 0 Å². The number of hydrogen-bond acceptors (Lipinski definition) is 3. The lowest BCUT2D eigenvalue weighted by Gasteiger charge is -2.31. The lowest BCUT2D eigenvalue weighted by atomic mass is 9.88. The average molecular weight is 821 g/mol. The monoisotopic (exact) mass is 820 g/mol. The van der Waals surface area contributed by atoms with E-state index in [4.69, 9.17) is 0 Å². The van der Waals surface area contributed by atoms with Crippen LogP contribution in [0.1, 0.15) is 0 Å². The smallest absolute Gasteiger partial charge is 0.0501 e. The molecule has 304 valence electrons. The van der Waals surface area contributed by atoms with Crippen molar-refractivity contribution in [1.82, 2.24) is 4.57 Å². The predicted octanol–water partition coefficient (Wildman–Crippen LogP) is 16.5. The first kappa shape index (κ1) is 37.4. The van der Waals surface area contributed by atoms with E-state index < -0.39 is 0 Å². The molecule has 1 aliphatic rings. The van der Waals surface area contributed by atoms with Gasteiger partial charge in [-0.1, -0.05) is 133 Å². The molecule has 11 aromatic rings. The number of nitrogens with zero attached hydrogens (tertiary/aromatic N) is 4. The highest BCUT2D eigenvalue weighted by atomic mass is 15.1. The van der Waals surface area contributed by atoms with Crippen LogP contribution in [0.25, 0.3) is 66.0 Å². The topological polar surface area (TPSA) is 14.7 Å². The first-order valence-corrected chi connectivity index (χ1v) is 22.0. The zero-order valence-corrected chi connectivity index (χ0v) is 35.7. The molecule has 12 rings (SSSR count). The van der Waals surface area contributed by atoms with Crippen LogP contribution in [0.2, 0.25) is 0 Å². The number of para-hydroxylation sites is 4. The number of rotatable bonds is 8. The van der Waals surface area contributed by atoms with E-state index in [0.29, 0.717) is 0 Å². The van der Waals surface area contributed by atoms with Gasteiger partial charge >= 0.3 is 0 Å². The third-order valence-corrected chi connectivity index (χ3v) is 13.1. The summed E-state index contributed by atoms with van der Waals surface area (Å²) < 4.78 is 2.39. The molecule has 0 radical (unpaired) electrons. The molecular weight excluding hydrogens is 777 g/mol. The maximum Gasteiger partial charge on any atom is 0.0501 e. The standard InChI is InChI=1S/C60H44N4/c1-61-55-25-15-24-53-59-52-37-31-44(42-28-34-50(35-29-42)64(47-20-11-5-12-21-47)48-22-13-6-14-23-48)39-57(52)62(2)58(59)40-54(60(53)55)51-36-30-43(38-56(51)61)41-26-32-49(33-27-41)63(45-16-7-3-8-17-45)46-18-9-4-10-19-46/h3-40H,1-2H3. The minimum Gasteiger partial charge on any atom is -0.344 e. The Morgan fingerprint density at radius 1 is 0.297 bits per heavy atom. The van der Waals surface area contributed by atoms with Crippen molar-refractivity contribution in [3.05, 3.63) is 231 Å². The molecule has 0 atom stereocenters. The fourth-order valence-corrected chi connectivity index (χ4v) is 9.97. The van der Waals surface area contributed by atoms with Crippen LogP contribution < -0.4 is 14.7 Å². The van der Waals surface area contributed by atoms with Crippen molar-refractivity contribution in [2.45, 2.75) is 0 Å². The minimum atomic E-state index is 1.12. The van der Waals surface area contributed by atoms with E-state index in [1.165, 1.54) is 77.3 Å². The molecule has 0 unspecified atom stereocenters. The normalized spacial score (nSPS) is 11.9. The average Bonchev–Trinajstić information content (AvgIpc) is 3.65. The molecule has 4 heteroatoms. The summed E-state index contributed by atoms with van der Waals surface area (Å²) in [7, 11) is 4.43. The van der Waals surface area contributed by atoms with Gasteiger partial charge in [-0.3, -0.25) is 0 Å². The van der Waals surface area contributed by atoms with Gasteiger partial charge in [-0.05, 0) is 130 Å². The van der Waals surface area contributed by atoms with Crippen molar-refractivity contribution in [2.24, 2.45) is 7.05 Å². The highest BCUT2D eigenvalue weighted by Gasteiger charge is 2.26. The third kappa shape index (κ3) is 6.14. The van der Waals surface area contributed by atoms with Crippen molar-refractivity contribution in [3.8, 4) is 33.4 Å². The quantitative estimate of drug-likeness (QED) is 0.152. The summed E-state index contributed by atoms with van der Waals surface area (Å²) in [4.78, 5) is 6.99. The molecule has 0 fully saturated rings. The van der Waals surface area contributed by atoms with Gasteiger partial charge in [0.25, 0.3) is 0 Å². The Hall–Kier alpha value is -8.34. The number of benzene rings is 10. The third-order valence-electron chi connectivity index (χ3n) is 13.1. The first-order valence-electron chi connectivity index (χ1n) is 22.0. The summed E-state index contributed by atoms with van der Waals surface area (Å²) in [5.41, 5.74) is 18.9. The van der Waals surface area contributed by atoms with Crippen LogP contribution in [-0.2, 0) is 7.05 Å². The zero-order chi connectivity index (χ0) is 42.7. The predicted molar refractivity (Wildman–Crippen MR) is 272 cm³/mol. The van der Waals surface area contributed by atoms with Gasteiger partial charge in [0.2, 0.25) is 0 Å². The van der Waals surface area contributed by atoms with E-state index in [-0.39, 0.29) is 0 Å². The molecule has 0 spiro atoms. The lowest BCUT2D eigenvalue weighted by molar-refractivity contribution is 1.01. The first-order chi connectivity index (χ1) is 31.6. The van der Waals surface area contributed by atoms with Gasteiger partial charge < -0.3 is 19.3 Å². The number of hydrogen-bond donors (Lipinski definition) is 0. The highest BCUT2D eigenvalue weighted by molar-refractivity contribution is 6.28. The summed E-state index contributed by atoms with van der Waals surface area (Å²) in [6, 6.07) is 83.4. The van der Waals surface area contributed by atoms with Gasteiger partial charge in [0.05, 0.1) is 5.52 Å². The lowest BCUT2D eigenvalue weighted by Crippen LogP contribution is -2.15. The van der Waals surface area contributed by atoms with Crippen LogP contribution >= 0.6 is 0 Å². The second kappa shape index (κ2) is 15.2. The second-order valence-corrected chi connectivity index (χ2v) is 16.7. The van der Waals surface area contributed by atoms with Crippen LogP contribution in [0.5, 0.6) is 0 Å². The van der Waals surface area contributed by atoms with E-state index in [1.54, 1.807) is 0 Å². The van der Waals surface area contributed by atoms with Crippen molar-refractivity contribution in [1.29, 1.82) is 0 Å². The van der Waals surface area contributed by atoms with Crippen molar-refractivity contribution in [2.75, 3.05) is 21.7 Å². The Morgan fingerprint density at radius 3 is 1.27 bits per heavy atom. The van der Waals surface area contributed by atoms with Crippen molar-refractivity contribution >= 4 is 78.1 Å². The minimum absolute atomic E-state index is 1.12. The number of aromatic nitrogens is 1. The van der Waals surface area contributed by atoms with Crippen LogP contribution in [0, 0.1) is 0 Å². The fraction of sp³-hybridized carbons (Fsp3) is 0.0333. The Bertz CT molecular complexity index is 3410. The van der Waals surface area contributed by atoms with Crippen LogP contribution in [-0.4, -0.2) is 11.6 Å². The van der Waals surface area contributed by atoms with Gasteiger partial charge in [-0.2, -0.15) is 0 Å². The second-order valence-electron chi connectivity index (χ2n) is 16.7. The highest BCUT2D eigenvalue weighted by Crippen LogP contribution is 2.51. The summed E-state index contributed by atoms with van der Waals surface area (Å²) in [5.74, 6) is 0. The van der Waals surface area contributed by atoms with Crippen LogP contribution in [0.15, 0.2) is 231 Å². The van der Waals surface area contributed by atoms with E-state index in [9.17, 15) is 0 Å². The van der Waals surface area contributed by atoms with Gasteiger partial charge in [-0.15, -0.1) is 0 Å². The Balaban J connectivity index is 0.911. The molecule has 0 aliphatic carbocycles. The molecular formula is C60H44N4. The van der Waals surface area contributed by atoms with E-state index in [2.05, 4.69) is 264 Å². The number of aryl methyl sites for hydroxylation is 1. The molecule has 0 saturated carbocycles. The molecule has 1 aromatic heterocycles. The summed E-state index contributed by atoms with van der Waals surface area (Å²) in [6.07, 6.45) is 0. The molecule has 0 bridgehead atoms. The van der Waals surface area contributed by atoms with Crippen molar-refractivity contribution < 1.29 is 0 Å². The molecule has 1 aliphatic heterocycles. The molecule has 0 N–H and O–H groups in total. The fourth-order valence-electron chi connectivity index (χ4n) is 9.97. The van der Waals surface area contributed by atoms with Crippen LogP contribution in [0.4, 0.5) is 45.5 Å². The number of fused-ring (bicyclic) bond motifs is 6. The largest absolute Gasteiger partial charge is 0.344 e. The Morgan fingerprint density at radius 2 is 0.750 bits per heavy atom. The Kier molecular flexibility index (Phi) is 8.91. The number of anilines is 8. The summed E-state index contributed by atoms with van der Waals surface area (Å²) in [5, 5.41) is 5.16. The van der Waals surface area contributed by atoms with Crippen molar-refractivity contribution in [3.63, 3.8) is 0 Å². The molecule has 10 aromatic carbocycles. The Labute approximate surface area is 373 Å². The SMILES string of the molecule is CN1c2cc(-c3ccc(N(c4ccccc4)c4ccccc4)cc3)ccc2-c2cc3c(c4cccc1c24)c1ccc(-c2ccc(N(c4ccccc4)c4ccccc4)cc2)cc1n3C. The summed E-state index contributed by atoms with van der Waals surface area (Å²) in [6.45, 7) is 0. The summed E-state index contributed by atoms with van der Waals surface area (Å²) >= 11 is 0.